The molecule has 1 aliphatic heterocycles. The van der Waals surface area contributed by atoms with Crippen molar-refractivity contribution in [1.82, 2.24) is 4.90 Å². The first-order chi connectivity index (χ1) is 14.5. The molecule has 3 rings (SSSR count). The zero-order chi connectivity index (χ0) is 21.6. The number of likely N-dealkylation sites (tertiary alicyclic amines) is 1. The zero-order valence-corrected chi connectivity index (χ0v) is 17.5. The molecular formula is C24H28FNO4. The number of methoxy groups -OCH3 is 1. The first-order valence-electron chi connectivity index (χ1n) is 10.3. The SMILES string of the molecule is CCOC(=O)C1(CCc2ccccc2)CCN(C(=O)c2ccc(OC)c(F)c2)CC1. The fraction of sp³-hybridized carbons (Fsp3) is 0.417. The highest BCUT2D eigenvalue weighted by Crippen LogP contribution is 2.38. The average molecular weight is 413 g/mol. The Morgan fingerprint density at radius 1 is 1.10 bits per heavy atom. The number of halogens is 1. The number of hydrogen-bond donors (Lipinski definition) is 0. The number of carbonyl (C=O) groups excluding carboxylic acids is 2. The fourth-order valence-corrected chi connectivity index (χ4v) is 3.99. The number of amides is 1. The molecule has 0 unspecified atom stereocenters. The molecular weight excluding hydrogens is 385 g/mol. The molecule has 0 aliphatic carbocycles. The Hall–Kier alpha value is -2.89. The maximum Gasteiger partial charge on any atom is 0.312 e. The van der Waals surface area contributed by atoms with Gasteiger partial charge in [0, 0.05) is 18.7 Å². The van der Waals surface area contributed by atoms with E-state index in [9.17, 15) is 14.0 Å². The highest BCUT2D eigenvalue weighted by atomic mass is 19.1. The number of benzene rings is 2. The van der Waals surface area contributed by atoms with Crippen LogP contribution in [0, 0.1) is 11.2 Å². The minimum Gasteiger partial charge on any atom is -0.494 e. The van der Waals surface area contributed by atoms with E-state index in [2.05, 4.69) is 12.1 Å². The van der Waals surface area contributed by atoms with Crippen LogP contribution in [0.25, 0.3) is 0 Å². The van der Waals surface area contributed by atoms with Gasteiger partial charge in [0.2, 0.25) is 0 Å². The van der Waals surface area contributed by atoms with E-state index in [-0.39, 0.29) is 23.2 Å². The summed E-state index contributed by atoms with van der Waals surface area (Å²) in [7, 11) is 1.38. The highest BCUT2D eigenvalue weighted by Gasteiger charge is 2.43. The molecule has 0 saturated carbocycles. The summed E-state index contributed by atoms with van der Waals surface area (Å²) in [5.74, 6) is -0.892. The van der Waals surface area contributed by atoms with Crippen molar-refractivity contribution in [2.24, 2.45) is 5.41 Å². The van der Waals surface area contributed by atoms with Gasteiger partial charge in [-0.2, -0.15) is 0 Å². The van der Waals surface area contributed by atoms with Crippen LogP contribution >= 0.6 is 0 Å². The normalized spacial score (nSPS) is 15.5. The third-order valence-electron chi connectivity index (χ3n) is 5.85. The van der Waals surface area contributed by atoms with Crippen molar-refractivity contribution in [2.45, 2.75) is 32.6 Å². The molecule has 0 aromatic heterocycles. The lowest BCUT2D eigenvalue weighted by molar-refractivity contribution is -0.158. The van der Waals surface area contributed by atoms with Crippen molar-refractivity contribution in [3.63, 3.8) is 0 Å². The number of ether oxygens (including phenoxy) is 2. The molecule has 1 amide bonds. The zero-order valence-electron chi connectivity index (χ0n) is 17.5. The van der Waals surface area contributed by atoms with E-state index in [0.717, 1.165) is 6.42 Å². The van der Waals surface area contributed by atoms with E-state index in [1.54, 1.807) is 17.9 Å². The summed E-state index contributed by atoms with van der Waals surface area (Å²) in [6.45, 7) is 3.00. The van der Waals surface area contributed by atoms with Crippen LogP contribution in [0.3, 0.4) is 0 Å². The molecule has 0 spiro atoms. The maximum absolute atomic E-state index is 14.0. The van der Waals surface area contributed by atoms with Crippen LogP contribution in [0.15, 0.2) is 48.5 Å². The Balaban J connectivity index is 1.70. The summed E-state index contributed by atoms with van der Waals surface area (Å²) in [5.41, 5.74) is 0.850. The van der Waals surface area contributed by atoms with Crippen LogP contribution in [0.2, 0.25) is 0 Å². The lowest BCUT2D eigenvalue weighted by atomic mass is 9.74. The summed E-state index contributed by atoms with van der Waals surface area (Å²) >= 11 is 0. The van der Waals surface area contributed by atoms with Crippen LogP contribution in [0.1, 0.15) is 42.1 Å². The van der Waals surface area contributed by atoms with Gasteiger partial charge in [-0.25, -0.2) is 4.39 Å². The van der Waals surface area contributed by atoms with Gasteiger partial charge in [0.1, 0.15) is 0 Å². The number of rotatable bonds is 7. The van der Waals surface area contributed by atoms with Gasteiger partial charge >= 0.3 is 5.97 Å². The minimum atomic E-state index is -0.603. The molecule has 0 N–H and O–H groups in total. The standard InChI is InChI=1S/C24H28FNO4/c1-3-30-23(28)24(12-11-18-7-5-4-6-8-18)13-15-26(16-14-24)22(27)19-9-10-21(29-2)20(25)17-19/h4-10,17H,3,11-16H2,1-2H3. The maximum atomic E-state index is 14.0. The fourth-order valence-electron chi connectivity index (χ4n) is 3.99. The first kappa shape index (κ1) is 21.8. The second-order valence-corrected chi connectivity index (χ2v) is 7.63. The number of piperidine rings is 1. The molecule has 30 heavy (non-hydrogen) atoms. The van der Waals surface area contributed by atoms with Crippen LogP contribution in [-0.2, 0) is 16.0 Å². The van der Waals surface area contributed by atoms with Gasteiger partial charge in [-0.15, -0.1) is 0 Å². The second-order valence-electron chi connectivity index (χ2n) is 7.63. The Bertz CT molecular complexity index is 876. The second kappa shape index (κ2) is 9.74. The summed E-state index contributed by atoms with van der Waals surface area (Å²) in [6.07, 6.45) is 2.51. The number of carbonyl (C=O) groups is 2. The Labute approximate surface area is 176 Å². The molecule has 2 aromatic carbocycles. The predicted molar refractivity (Wildman–Crippen MR) is 112 cm³/mol. The summed E-state index contributed by atoms with van der Waals surface area (Å²) in [4.78, 5) is 27.3. The molecule has 1 saturated heterocycles. The smallest absolute Gasteiger partial charge is 0.312 e. The lowest BCUT2D eigenvalue weighted by Crippen LogP contribution is -2.47. The molecule has 5 nitrogen and oxygen atoms in total. The van der Waals surface area contributed by atoms with Crippen molar-refractivity contribution >= 4 is 11.9 Å². The molecule has 2 aromatic rings. The van der Waals surface area contributed by atoms with E-state index in [1.807, 2.05) is 18.2 Å². The lowest BCUT2D eigenvalue weighted by Gasteiger charge is -2.40. The molecule has 1 heterocycles. The first-order valence-corrected chi connectivity index (χ1v) is 10.3. The van der Waals surface area contributed by atoms with Crippen molar-refractivity contribution in [1.29, 1.82) is 0 Å². The largest absolute Gasteiger partial charge is 0.494 e. The van der Waals surface area contributed by atoms with Gasteiger partial charge in [0.15, 0.2) is 11.6 Å². The van der Waals surface area contributed by atoms with Gasteiger partial charge < -0.3 is 14.4 Å². The van der Waals surface area contributed by atoms with Crippen LogP contribution in [0.5, 0.6) is 5.75 Å². The van der Waals surface area contributed by atoms with Crippen molar-refractivity contribution in [3.05, 3.63) is 65.5 Å². The topological polar surface area (TPSA) is 55.8 Å². The van der Waals surface area contributed by atoms with Crippen molar-refractivity contribution in [3.8, 4) is 5.75 Å². The van der Waals surface area contributed by atoms with E-state index in [0.29, 0.717) is 39.0 Å². The molecule has 1 aliphatic rings. The number of nitrogens with zero attached hydrogens (tertiary/aromatic N) is 1. The third-order valence-corrected chi connectivity index (χ3v) is 5.85. The molecule has 0 atom stereocenters. The van der Waals surface area contributed by atoms with E-state index >= 15 is 0 Å². The van der Waals surface area contributed by atoms with Crippen LogP contribution in [0.4, 0.5) is 4.39 Å². The Kier molecular flexibility index (Phi) is 7.08. The van der Waals surface area contributed by atoms with Crippen molar-refractivity contribution in [2.75, 3.05) is 26.8 Å². The van der Waals surface area contributed by atoms with Crippen LogP contribution < -0.4 is 4.74 Å². The number of aryl methyl sites for hydroxylation is 1. The summed E-state index contributed by atoms with van der Waals surface area (Å²) in [6, 6.07) is 14.3. The van der Waals surface area contributed by atoms with E-state index in [1.165, 1.54) is 24.8 Å². The average Bonchev–Trinajstić information content (AvgIpc) is 2.78. The molecule has 0 bridgehead atoms. The van der Waals surface area contributed by atoms with Gasteiger partial charge in [0.25, 0.3) is 5.91 Å². The summed E-state index contributed by atoms with van der Waals surface area (Å²) < 4.78 is 24.3. The third kappa shape index (κ3) is 4.81. The van der Waals surface area contributed by atoms with Gasteiger partial charge in [-0.05, 0) is 56.4 Å². The molecule has 160 valence electrons. The quantitative estimate of drug-likeness (QED) is 0.637. The van der Waals surface area contributed by atoms with E-state index < -0.39 is 11.2 Å². The number of hydrogen-bond acceptors (Lipinski definition) is 4. The minimum absolute atomic E-state index is 0.104. The van der Waals surface area contributed by atoms with Gasteiger partial charge in [-0.3, -0.25) is 9.59 Å². The Morgan fingerprint density at radius 3 is 2.40 bits per heavy atom. The van der Waals surface area contributed by atoms with Gasteiger partial charge in [0.05, 0.1) is 19.1 Å². The van der Waals surface area contributed by atoms with Gasteiger partial charge in [-0.1, -0.05) is 30.3 Å². The molecule has 1 fully saturated rings. The van der Waals surface area contributed by atoms with Crippen molar-refractivity contribution < 1.29 is 23.5 Å². The molecule has 6 heteroatoms. The molecule has 0 radical (unpaired) electrons. The monoisotopic (exact) mass is 413 g/mol. The predicted octanol–water partition coefficient (Wildman–Crippen LogP) is 4.25. The highest BCUT2D eigenvalue weighted by molar-refractivity contribution is 5.94. The van der Waals surface area contributed by atoms with Crippen LogP contribution in [-0.4, -0.2) is 43.6 Å². The Morgan fingerprint density at radius 2 is 1.80 bits per heavy atom. The number of esters is 1. The summed E-state index contributed by atoms with van der Waals surface area (Å²) in [5, 5.41) is 0. The van der Waals surface area contributed by atoms with E-state index in [4.69, 9.17) is 9.47 Å².